The van der Waals surface area contributed by atoms with Gasteiger partial charge >= 0.3 is 6.03 Å². The lowest BCUT2D eigenvalue weighted by atomic mass is 9.87. The van der Waals surface area contributed by atoms with Gasteiger partial charge in [-0.1, -0.05) is 32.9 Å². The first kappa shape index (κ1) is 26.9. The molecule has 200 valence electrons. The molecule has 1 saturated heterocycles. The zero-order valence-electron chi connectivity index (χ0n) is 22.7. The third-order valence-corrected chi connectivity index (χ3v) is 7.11. The predicted molar refractivity (Wildman–Crippen MR) is 149 cm³/mol. The summed E-state index contributed by atoms with van der Waals surface area (Å²) >= 11 is 0. The highest BCUT2D eigenvalue weighted by Gasteiger charge is 2.39. The molecule has 9 heteroatoms. The maximum Gasteiger partial charge on any atom is 0.319 e. The van der Waals surface area contributed by atoms with E-state index in [0.29, 0.717) is 26.1 Å². The van der Waals surface area contributed by atoms with Crippen LogP contribution in [0.4, 0.5) is 16.3 Å². The summed E-state index contributed by atoms with van der Waals surface area (Å²) in [5.41, 5.74) is 2.08. The average Bonchev–Trinajstić information content (AvgIpc) is 3.47. The Hall–Kier alpha value is -3.17. The fourth-order valence-electron chi connectivity index (χ4n) is 4.89. The van der Waals surface area contributed by atoms with Crippen LogP contribution >= 0.6 is 0 Å². The number of aliphatic hydroxyl groups is 1. The highest BCUT2D eigenvalue weighted by molar-refractivity contribution is 5.89. The molecule has 4 N–H and O–H groups in total. The number of H-pyrrole nitrogens is 1. The quantitative estimate of drug-likeness (QED) is 0.325. The van der Waals surface area contributed by atoms with Gasteiger partial charge in [0.15, 0.2) is 0 Å². The summed E-state index contributed by atoms with van der Waals surface area (Å²) in [6.07, 6.45) is 4.91. The minimum absolute atomic E-state index is 0.0811. The van der Waals surface area contributed by atoms with Crippen LogP contribution in [-0.4, -0.2) is 75.4 Å². The Kier molecular flexibility index (Phi) is 8.04. The molecule has 1 aliphatic rings. The second kappa shape index (κ2) is 11.1. The number of nitrogens with one attached hydrogen (secondary N) is 3. The Morgan fingerprint density at radius 1 is 1.22 bits per heavy atom. The molecule has 1 aliphatic heterocycles. The highest BCUT2D eigenvalue weighted by Crippen LogP contribution is 2.30. The lowest BCUT2D eigenvalue weighted by molar-refractivity contribution is 0.0125. The molecule has 1 aromatic carbocycles. The molecule has 1 atom stereocenters. The van der Waals surface area contributed by atoms with E-state index in [2.05, 4.69) is 82.1 Å². The summed E-state index contributed by atoms with van der Waals surface area (Å²) in [4.78, 5) is 28.7. The van der Waals surface area contributed by atoms with Gasteiger partial charge in [-0.3, -0.25) is 4.90 Å². The Morgan fingerprint density at radius 3 is 2.68 bits per heavy atom. The Bertz CT molecular complexity index is 1190. The van der Waals surface area contributed by atoms with Crippen LogP contribution in [0.3, 0.4) is 0 Å². The van der Waals surface area contributed by atoms with Gasteiger partial charge < -0.3 is 25.6 Å². The molecule has 0 spiro atoms. The molecular weight excluding hydrogens is 466 g/mol. The lowest BCUT2D eigenvalue weighted by Gasteiger charge is -2.34. The van der Waals surface area contributed by atoms with Gasteiger partial charge in [0.2, 0.25) is 0 Å². The summed E-state index contributed by atoms with van der Waals surface area (Å²) in [7, 11) is 0. The van der Waals surface area contributed by atoms with Crippen molar-refractivity contribution in [1.29, 1.82) is 0 Å². The number of β-amino-alcohol motifs (C(OH)–C–C–N with tert-alkyl or cyclic N) is 1. The number of carbonyl (C=O) groups is 1. The third kappa shape index (κ3) is 6.78. The molecule has 9 nitrogen and oxygen atoms in total. The fraction of sp³-hybridized carbons (Fsp3) is 0.536. The van der Waals surface area contributed by atoms with Gasteiger partial charge in [-0.15, -0.1) is 0 Å². The first-order valence-corrected chi connectivity index (χ1v) is 13.2. The van der Waals surface area contributed by atoms with Crippen LogP contribution in [0.2, 0.25) is 0 Å². The molecule has 2 aromatic heterocycles. The van der Waals surface area contributed by atoms with Crippen molar-refractivity contribution in [1.82, 2.24) is 25.2 Å². The first-order valence-electron chi connectivity index (χ1n) is 13.2. The van der Waals surface area contributed by atoms with Gasteiger partial charge in [-0.25, -0.2) is 14.8 Å². The van der Waals surface area contributed by atoms with E-state index in [9.17, 15) is 9.90 Å². The van der Waals surface area contributed by atoms with Crippen LogP contribution in [0, 0.1) is 0 Å². The van der Waals surface area contributed by atoms with Crippen molar-refractivity contribution < 1.29 is 9.90 Å². The van der Waals surface area contributed by atoms with Gasteiger partial charge in [0.1, 0.15) is 17.8 Å². The number of rotatable bonds is 9. The normalized spacial score (nSPS) is 18.2. The average molecular weight is 508 g/mol. The smallest absolute Gasteiger partial charge is 0.319 e. The molecule has 0 bridgehead atoms. The number of hydrogen-bond donors (Lipinski definition) is 4. The summed E-state index contributed by atoms with van der Waals surface area (Å²) < 4.78 is 0. The third-order valence-electron chi connectivity index (χ3n) is 7.11. The number of nitrogens with zero attached hydrogens (tertiary/aromatic N) is 4. The summed E-state index contributed by atoms with van der Waals surface area (Å²) in [5.74, 6) is 0.863. The van der Waals surface area contributed by atoms with Crippen LogP contribution in [0.25, 0.3) is 11.0 Å². The fourth-order valence-corrected chi connectivity index (χ4v) is 4.89. The Morgan fingerprint density at radius 2 is 1.97 bits per heavy atom. The first-order chi connectivity index (χ1) is 17.5. The number of carbonyl (C=O) groups excluding carboxylic acids is 1. The van der Waals surface area contributed by atoms with Crippen molar-refractivity contribution >= 4 is 28.6 Å². The van der Waals surface area contributed by atoms with Gasteiger partial charge in [0.05, 0.1) is 11.0 Å². The lowest BCUT2D eigenvalue weighted by Crippen LogP contribution is -2.48. The van der Waals surface area contributed by atoms with Gasteiger partial charge in [-0.2, -0.15) is 0 Å². The van der Waals surface area contributed by atoms with Crippen molar-refractivity contribution in [3.8, 4) is 0 Å². The van der Waals surface area contributed by atoms with Crippen molar-refractivity contribution in [2.45, 2.75) is 64.5 Å². The van der Waals surface area contributed by atoms with Gasteiger partial charge in [-0.05, 0) is 55.9 Å². The Labute approximate surface area is 219 Å². The van der Waals surface area contributed by atoms with E-state index in [1.54, 1.807) is 6.33 Å². The van der Waals surface area contributed by atoms with E-state index in [1.165, 1.54) is 5.56 Å². The number of anilines is 2. The van der Waals surface area contributed by atoms with E-state index in [4.69, 9.17) is 0 Å². The highest BCUT2D eigenvalue weighted by atomic mass is 16.3. The van der Waals surface area contributed by atoms with Crippen molar-refractivity contribution in [3.63, 3.8) is 0 Å². The second-order valence-electron chi connectivity index (χ2n) is 11.5. The predicted octanol–water partition coefficient (Wildman–Crippen LogP) is 4.12. The summed E-state index contributed by atoms with van der Waals surface area (Å²) in [5, 5.41) is 18.3. The van der Waals surface area contributed by atoms with Gasteiger partial charge in [0, 0.05) is 50.6 Å². The molecular formula is C28H41N7O2. The maximum absolute atomic E-state index is 12.4. The molecule has 4 rings (SSSR count). The topological polar surface area (TPSA) is 109 Å². The molecule has 3 heterocycles. The van der Waals surface area contributed by atoms with E-state index in [-0.39, 0.29) is 17.5 Å². The minimum Gasteiger partial charge on any atom is -0.387 e. The summed E-state index contributed by atoms with van der Waals surface area (Å²) in [6, 6.07) is 10.0. The van der Waals surface area contributed by atoms with Gasteiger partial charge in [0.25, 0.3) is 0 Å². The molecule has 37 heavy (non-hydrogen) atoms. The standard InChI is InChI=1S/C28H41N7O2/c1-20(2)34(15-6-13-30-26(36)33-22-9-7-21(8-10-22)27(3,4)5)17-28(37)12-16-35(18-28)25-23-11-14-29-24(23)31-19-32-25/h7-11,14,19-20,37H,6,12-13,15-18H2,1-5H3,(H,29,31,32)(H2,30,33,36). The van der Waals surface area contributed by atoms with E-state index < -0.39 is 5.60 Å². The zero-order chi connectivity index (χ0) is 26.6. The van der Waals surface area contributed by atoms with Crippen molar-refractivity contribution in [2.75, 3.05) is 42.9 Å². The van der Waals surface area contributed by atoms with Crippen LogP contribution in [0.15, 0.2) is 42.9 Å². The number of fused-ring (bicyclic) bond motifs is 1. The van der Waals surface area contributed by atoms with Crippen LogP contribution in [0.1, 0.15) is 53.0 Å². The molecule has 0 radical (unpaired) electrons. The number of hydrogen-bond acceptors (Lipinski definition) is 6. The molecule has 2 amide bonds. The number of benzene rings is 1. The molecule has 0 saturated carbocycles. The summed E-state index contributed by atoms with van der Waals surface area (Å²) in [6.45, 7) is 14.0. The largest absolute Gasteiger partial charge is 0.387 e. The van der Waals surface area contributed by atoms with E-state index >= 15 is 0 Å². The number of urea groups is 1. The van der Waals surface area contributed by atoms with Crippen LogP contribution in [0.5, 0.6) is 0 Å². The monoisotopic (exact) mass is 507 g/mol. The number of aromatic nitrogens is 3. The zero-order valence-corrected chi connectivity index (χ0v) is 22.7. The minimum atomic E-state index is -0.818. The second-order valence-corrected chi connectivity index (χ2v) is 11.5. The van der Waals surface area contributed by atoms with Crippen molar-refractivity contribution in [2.24, 2.45) is 0 Å². The molecule has 3 aromatic rings. The maximum atomic E-state index is 12.4. The molecule has 0 aliphatic carbocycles. The van der Waals surface area contributed by atoms with Crippen LogP contribution < -0.4 is 15.5 Å². The molecule has 1 fully saturated rings. The van der Waals surface area contributed by atoms with E-state index in [0.717, 1.165) is 42.0 Å². The van der Waals surface area contributed by atoms with E-state index in [1.807, 2.05) is 24.4 Å². The van der Waals surface area contributed by atoms with Crippen molar-refractivity contribution in [3.05, 3.63) is 48.4 Å². The Balaban J connectivity index is 1.24. The molecule has 1 unspecified atom stereocenters. The SMILES string of the molecule is CC(C)N(CCCNC(=O)Nc1ccc(C(C)(C)C)cc1)CC1(O)CCN(c2ncnc3[nH]ccc23)C1. The number of amides is 2. The van der Waals surface area contributed by atoms with Crippen LogP contribution in [-0.2, 0) is 5.41 Å². The number of aromatic amines is 1.